The van der Waals surface area contributed by atoms with Gasteiger partial charge in [-0.15, -0.1) is 0 Å². The Bertz CT molecular complexity index is 432. The van der Waals surface area contributed by atoms with E-state index in [1.54, 1.807) is 18.2 Å². The van der Waals surface area contributed by atoms with Crippen LogP contribution in [0.5, 0.6) is 0 Å². The van der Waals surface area contributed by atoms with Crippen LogP contribution in [-0.4, -0.2) is 18.8 Å². The van der Waals surface area contributed by atoms with Gasteiger partial charge in [-0.2, -0.15) is 13.2 Å². The van der Waals surface area contributed by atoms with Crippen molar-refractivity contribution in [3.63, 3.8) is 0 Å². The summed E-state index contributed by atoms with van der Waals surface area (Å²) in [5, 5.41) is 0.945. The fraction of sp³-hybridized carbons (Fsp3) is 0.500. The lowest BCUT2D eigenvalue weighted by atomic mass is 10.1. The minimum atomic E-state index is -4.20. The van der Waals surface area contributed by atoms with Gasteiger partial charge in [-0.3, -0.25) is 0 Å². The van der Waals surface area contributed by atoms with E-state index in [0.29, 0.717) is 16.0 Å². The second-order valence-electron chi connectivity index (χ2n) is 4.35. The van der Waals surface area contributed by atoms with Crippen LogP contribution in [0.4, 0.5) is 18.9 Å². The van der Waals surface area contributed by atoms with Crippen LogP contribution in [0.15, 0.2) is 18.2 Å². The standard InChI is InChI=1S/C12H12BrClF3N/c13-6-9-10(14)2-1-3-11(9)18(8-4-5-8)7-12(15,16)17/h1-3,8H,4-7H2. The minimum Gasteiger partial charge on any atom is -0.359 e. The third kappa shape index (κ3) is 3.32. The van der Waals surface area contributed by atoms with Crippen LogP contribution in [-0.2, 0) is 5.33 Å². The number of hydrogen-bond donors (Lipinski definition) is 0. The number of nitrogens with zero attached hydrogens (tertiary/aromatic N) is 1. The molecule has 0 spiro atoms. The highest BCUT2D eigenvalue weighted by Crippen LogP contribution is 2.38. The molecule has 1 fully saturated rings. The molecule has 1 aromatic rings. The average Bonchev–Trinajstić information content (AvgIpc) is 3.08. The topological polar surface area (TPSA) is 3.24 Å². The average molecular weight is 343 g/mol. The molecule has 1 aliphatic carbocycles. The highest BCUT2D eigenvalue weighted by atomic mass is 79.9. The predicted molar refractivity (Wildman–Crippen MR) is 70.5 cm³/mol. The Morgan fingerprint density at radius 2 is 2.00 bits per heavy atom. The van der Waals surface area contributed by atoms with E-state index in [2.05, 4.69) is 15.9 Å². The summed E-state index contributed by atoms with van der Waals surface area (Å²) in [6, 6.07) is 5.07. The van der Waals surface area contributed by atoms with Gasteiger partial charge in [-0.25, -0.2) is 0 Å². The van der Waals surface area contributed by atoms with Gasteiger partial charge in [0.2, 0.25) is 0 Å². The predicted octanol–water partition coefficient (Wildman–Crippen LogP) is 4.77. The van der Waals surface area contributed by atoms with E-state index in [4.69, 9.17) is 11.6 Å². The van der Waals surface area contributed by atoms with E-state index < -0.39 is 12.7 Å². The van der Waals surface area contributed by atoms with Crippen LogP contribution in [0.3, 0.4) is 0 Å². The molecule has 0 aromatic heterocycles. The Morgan fingerprint density at radius 3 is 2.50 bits per heavy atom. The maximum absolute atomic E-state index is 12.6. The molecule has 1 nitrogen and oxygen atoms in total. The highest BCUT2D eigenvalue weighted by Gasteiger charge is 2.38. The first-order valence-electron chi connectivity index (χ1n) is 5.59. The van der Waals surface area contributed by atoms with Crippen molar-refractivity contribution in [3.8, 4) is 0 Å². The van der Waals surface area contributed by atoms with Crippen LogP contribution in [0.1, 0.15) is 18.4 Å². The SMILES string of the molecule is FC(F)(F)CN(c1cccc(Cl)c1CBr)C1CC1. The Labute approximate surface area is 117 Å². The molecule has 0 bridgehead atoms. The first-order chi connectivity index (χ1) is 8.42. The summed E-state index contributed by atoms with van der Waals surface area (Å²) in [5.41, 5.74) is 1.30. The van der Waals surface area contributed by atoms with Crippen LogP contribution in [0, 0.1) is 0 Å². The number of halogens is 5. The summed E-state index contributed by atoms with van der Waals surface area (Å²) in [6.45, 7) is -0.919. The molecule has 100 valence electrons. The summed E-state index contributed by atoms with van der Waals surface area (Å²) >= 11 is 9.32. The lowest BCUT2D eigenvalue weighted by Gasteiger charge is -2.28. The van der Waals surface area contributed by atoms with Crippen molar-refractivity contribution in [3.05, 3.63) is 28.8 Å². The number of alkyl halides is 4. The molecule has 2 rings (SSSR count). The zero-order valence-electron chi connectivity index (χ0n) is 9.47. The van der Waals surface area contributed by atoms with E-state index in [1.165, 1.54) is 4.90 Å². The maximum atomic E-state index is 12.6. The van der Waals surface area contributed by atoms with E-state index >= 15 is 0 Å². The molecule has 1 aromatic carbocycles. The van der Waals surface area contributed by atoms with Crippen molar-refractivity contribution >= 4 is 33.2 Å². The maximum Gasteiger partial charge on any atom is 0.405 e. The van der Waals surface area contributed by atoms with Gasteiger partial charge in [-0.1, -0.05) is 33.6 Å². The Hall–Kier alpha value is -0.420. The fourth-order valence-electron chi connectivity index (χ4n) is 1.94. The van der Waals surface area contributed by atoms with Gasteiger partial charge in [0, 0.05) is 27.6 Å². The van der Waals surface area contributed by atoms with Gasteiger partial charge in [0.05, 0.1) is 0 Å². The molecule has 0 saturated heterocycles. The van der Waals surface area contributed by atoms with Gasteiger partial charge in [0.25, 0.3) is 0 Å². The molecule has 1 aliphatic rings. The summed E-state index contributed by atoms with van der Waals surface area (Å²) in [5.74, 6) is 0. The molecule has 0 amide bonds. The number of rotatable bonds is 4. The van der Waals surface area contributed by atoms with Crippen molar-refractivity contribution < 1.29 is 13.2 Å². The first kappa shape index (κ1) is 14.0. The summed E-state index contributed by atoms with van der Waals surface area (Å²) < 4.78 is 37.9. The van der Waals surface area contributed by atoms with Crippen molar-refractivity contribution in [2.75, 3.05) is 11.4 Å². The van der Waals surface area contributed by atoms with Gasteiger partial charge in [0.15, 0.2) is 0 Å². The normalized spacial score (nSPS) is 15.8. The largest absolute Gasteiger partial charge is 0.405 e. The summed E-state index contributed by atoms with van der Waals surface area (Å²) in [7, 11) is 0. The molecule has 0 unspecified atom stereocenters. The Kier molecular flexibility index (Phi) is 4.11. The van der Waals surface area contributed by atoms with Crippen molar-refractivity contribution in [1.82, 2.24) is 0 Å². The molecule has 0 atom stereocenters. The molecule has 6 heteroatoms. The van der Waals surface area contributed by atoms with Crippen LogP contribution in [0.2, 0.25) is 5.02 Å². The van der Waals surface area contributed by atoms with Gasteiger partial charge in [0.1, 0.15) is 6.54 Å². The Morgan fingerprint density at radius 1 is 1.33 bits per heavy atom. The second-order valence-corrected chi connectivity index (χ2v) is 5.31. The molecular formula is C12H12BrClF3N. The fourth-order valence-corrected chi connectivity index (χ4v) is 2.93. The zero-order chi connectivity index (χ0) is 13.3. The number of hydrogen-bond acceptors (Lipinski definition) is 1. The molecule has 1 saturated carbocycles. The third-order valence-electron chi connectivity index (χ3n) is 2.87. The van der Waals surface area contributed by atoms with Crippen LogP contribution < -0.4 is 4.90 Å². The van der Waals surface area contributed by atoms with Gasteiger partial charge in [-0.05, 0) is 25.0 Å². The van der Waals surface area contributed by atoms with Crippen molar-refractivity contribution in [2.45, 2.75) is 30.4 Å². The lowest BCUT2D eigenvalue weighted by Crippen LogP contribution is -2.36. The molecule has 0 N–H and O–H groups in total. The quantitative estimate of drug-likeness (QED) is 0.713. The molecule has 0 radical (unpaired) electrons. The van der Waals surface area contributed by atoms with Gasteiger partial charge < -0.3 is 4.90 Å². The van der Waals surface area contributed by atoms with Crippen LogP contribution in [0.25, 0.3) is 0 Å². The number of anilines is 1. The third-order valence-corrected chi connectivity index (χ3v) is 3.79. The van der Waals surface area contributed by atoms with E-state index in [9.17, 15) is 13.2 Å². The van der Waals surface area contributed by atoms with E-state index in [-0.39, 0.29) is 6.04 Å². The number of benzene rings is 1. The van der Waals surface area contributed by atoms with Crippen LogP contribution >= 0.6 is 27.5 Å². The minimum absolute atomic E-state index is 0.0112. The van der Waals surface area contributed by atoms with Crippen molar-refractivity contribution in [2.24, 2.45) is 0 Å². The van der Waals surface area contributed by atoms with E-state index in [1.807, 2.05) is 0 Å². The van der Waals surface area contributed by atoms with E-state index in [0.717, 1.165) is 18.4 Å². The Balaban J connectivity index is 2.33. The highest BCUT2D eigenvalue weighted by molar-refractivity contribution is 9.08. The molecule has 18 heavy (non-hydrogen) atoms. The van der Waals surface area contributed by atoms with Gasteiger partial charge >= 0.3 is 6.18 Å². The summed E-state index contributed by atoms with van der Waals surface area (Å²) in [4.78, 5) is 1.42. The molecule has 0 aliphatic heterocycles. The smallest absolute Gasteiger partial charge is 0.359 e. The molecule has 0 heterocycles. The zero-order valence-corrected chi connectivity index (χ0v) is 11.8. The second kappa shape index (κ2) is 5.29. The monoisotopic (exact) mass is 341 g/mol. The first-order valence-corrected chi connectivity index (χ1v) is 7.09. The molecular weight excluding hydrogens is 330 g/mol. The summed E-state index contributed by atoms with van der Waals surface area (Å²) in [6.07, 6.45) is -2.58. The lowest BCUT2D eigenvalue weighted by molar-refractivity contribution is -0.120. The van der Waals surface area contributed by atoms with Crippen molar-refractivity contribution in [1.29, 1.82) is 0 Å².